The van der Waals surface area contributed by atoms with Crippen molar-refractivity contribution in [3.8, 4) is 0 Å². The van der Waals surface area contributed by atoms with E-state index in [1.165, 1.54) is 11.0 Å². The van der Waals surface area contributed by atoms with Crippen molar-refractivity contribution in [2.75, 3.05) is 13.1 Å². The third-order valence-corrected chi connectivity index (χ3v) is 2.63. The Morgan fingerprint density at radius 1 is 1.38 bits per heavy atom. The predicted octanol–water partition coefficient (Wildman–Crippen LogP) is 1.17. The number of aliphatic hydroxyl groups is 1. The number of aliphatic hydroxyl groups excluding tert-OH is 1. The Morgan fingerprint density at radius 2 is 2.00 bits per heavy atom. The normalized spacial score (nSPS) is 20.2. The largest absolute Gasteiger partial charge is 0.391 e. The lowest BCUT2D eigenvalue weighted by molar-refractivity contribution is 0.0755. The highest BCUT2D eigenvalue weighted by Crippen LogP contribution is 2.18. The Morgan fingerprint density at radius 3 is 2.50 bits per heavy atom. The number of hydrogen-bond acceptors (Lipinski definition) is 2. The number of carbonyl (C=O) groups excluding carboxylic acids is 1. The van der Waals surface area contributed by atoms with Gasteiger partial charge in [0, 0.05) is 13.1 Å². The van der Waals surface area contributed by atoms with E-state index in [2.05, 4.69) is 0 Å². The summed E-state index contributed by atoms with van der Waals surface area (Å²) in [5.41, 5.74) is -0.545. The summed E-state index contributed by atoms with van der Waals surface area (Å²) in [6.45, 7) is 0.459. The molecule has 2 rings (SSSR count). The third kappa shape index (κ3) is 1.90. The Hall–Kier alpha value is -1.49. The molecule has 1 heterocycles. The molecule has 0 unspecified atom stereocenters. The molecule has 1 amide bonds. The molecule has 1 aromatic carbocycles. The Bertz CT molecular complexity index is 402. The molecule has 86 valence electrons. The zero-order chi connectivity index (χ0) is 11.7. The first-order valence-electron chi connectivity index (χ1n) is 5.01. The maximum absolute atomic E-state index is 13.3. The van der Waals surface area contributed by atoms with Crippen LogP contribution in [0.5, 0.6) is 0 Å². The number of amides is 1. The molecule has 1 saturated heterocycles. The molecule has 1 aliphatic heterocycles. The molecular weight excluding hydrogens is 216 g/mol. The van der Waals surface area contributed by atoms with Crippen molar-refractivity contribution in [1.82, 2.24) is 4.90 Å². The Balaban J connectivity index is 2.27. The first-order valence-corrected chi connectivity index (χ1v) is 5.01. The fraction of sp³-hybridized carbons (Fsp3) is 0.364. The molecule has 0 saturated carbocycles. The highest BCUT2D eigenvalue weighted by atomic mass is 19.1. The monoisotopic (exact) mass is 227 g/mol. The Labute approximate surface area is 91.3 Å². The lowest BCUT2D eigenvalue weighted by Crippen LogP contribution is -2.31. The van der Waals surface area contributed by atoms with Crippen LogP contribution in [0.3, 0.4) is 0 Å². The van der Waals surface area contributed by atoms with Gasteiger partial charge in [0.25, 0.3) is 5.91 Å². The quantitative estimate of drug-likeness (QED) is 0.782. The van der Waals surface area contributed by atoms with Gasteiger partial charge in [-0.05, 0) is 18.6 Å². The van der Waals surface area contributed by atoms with Gasteiger partial charge in [0.05, 0.1) is 6.10 Å². The van der Waals surface area contributed by atoms with Crippen LogP contribution < -0.4 is 0 Å². The summed E-state index contributed by atoms with van der Waals surface area (Å²) < 4.78 is 26.6. The second kappa shape index (κ2) is 4.17. The number of hydrogen-bond donors (Lipinski definition) is 1. The van der Waals surface area contributed by atoms with E-state index in [1.54, 1.807) is 0 Å². The van der Waals surface area contributed by atoms with E-state index in [1.807, 2.05) is 0 Å². The van der Waals surface area contributed by atoms with E-state index in [0.717, 1.165) is 12.1 Å². The van der Waals surface area contributed by atoms with E-state index in [0.29, 0.717) is 13.0 Å². The van der Waals surface area contributed by atoms with Gasteiger partial charge in [-0.2, -0.15) is 0 Å². The number of β-amino-alcohol motifs (C(OH)–C–C–N with tert-alkyl or cyclic N) is 1. The van der Waals surface area contributed by atoms with Gasteiger partial charge >= 0.3 is 0 Å². The maximum Gasteiger partial charge on any atom is 0.259 e. The van der Waals surface area contributed by atoms with Crippen LogP contribution in [0.1, 0.15) is 16.8 Å². The molecule has 1 aromatic rings. The van der Waals surface area contributed by atoms with Gasteiger partial charge in [0.15, 0.2) is 0 Å². The van der Waals surface area contributed by atoms with E-state index >= 15 is 0 Å². The molecule has 0 aromatic heterocycles. The van der Waals surface area contributed by atoms with Gasteiger partial charge in [0.2, 0.25) is 0 Å². The van der Waals surface area contributed by atoms with Crippen molar-refractivity contribution in [2.24, 2.45) is 0 Å². The molecule has 1 fully saturated rings. The minimum atomic E-state index is -0.869. The molecule has 0 spiro atoms. The number of halogens is 2. The summed E-state index contributed by atoms with van der Waals surface area (Å²) in [4.78, 5) is 13.0. The molecule has 3 nitrogen and oxygen atoms in total. The zero-order valence-corrected chi connectivity index (χ0v) is 8.49. The lowest BCUT2D eigenvalue weighted by Gasteiger charge is -2.16. The van der Waals surface area contributed by atoms with E-state index in [-0.39, 0.29) is 6.54 Å². The number of rotatable bonds is 1. The van der Waals surface area contributed by atoms with Crippen molar-refractivity contribution >= 4 is 5.91 Å². The van der Waals surface area contributed by atoms with E-state index in [4.69, 9.17) is 0 Å². The fourth-order valence-corrected chi connectivity index (χ4v) is 1.79. The smallest absolute Gasteiger partial charge is 0.259 e. The molecule has 1 N–H and O–H groups in total. The molecule has 0 bridgehead atoms. The van der Waals surface area contributed by atoms with Gasteiger partial charge in [-0.15, -0.1) is 0 Å². The average molecular weight is 227 g/mol. The first-order chi connectivity index (χ1) is 7.59. The van der Waals surface area contributed by atoms with Crippen LogP contribution in [0.4, 0.5) is 8.78 Å². The van der Waals surface area contributed by atoms with Crippen LogP contribution >= 0.6 is 0 Å². The third-order valence-electron chi connectivity index (χ3n) is 2.63. The SMILES string of the molecule is O=C(c1c(F)cccc1F)N1CC[C@H](O)C1. The summed E-state index contributed by atoms with van der Waals surface area (Å²) in [6.07, 6.45) is -0.152. The van der Waals surface area contributed by atoms with Gasteiger partial charge in [-0.25, -0.2) is 8.78 Å². The van der Waals surface area contributed by atoms with E-state index in [9.17, 15) is 18.7 Å². The summed E-state index contributed by atoms with van der Waals surface area (Å²) >= 11 is 0. The Kier molecular flexibility index (Phi) is 2.87. The van der Waals surface area contributed by atoms with E-state index < -0.39 is 29.2 Å². The molecule has 16 heavy (non-hydrogen) atoms. The van der Waals surface area contributed by atoms with Crippen LogP contribution in [0.2, 0.25) is 0 Å². The van der Waals surface area contributed by atoms with Crippen LogP contribution in [-0.4, -0.2) is 35.1 Å². The highest BCUT2D eigenvalue weighted by molar-refractivity contribution is 5.95. The second-order valence-corrected chi connectivity index (χ2v) is 3.79. The first kappa shape index (κ1) is 11.0. The van der Waals surface area contributed by atoms with Crippen LogP contribution in [0.15, 0.2) is 18.2 Å². The maximum atomic E-state index is 13.3. The van der Waals surface area contributed by atoms with Crippen molar-refractivity contribution in [2.45, 2.75) is 12.5 Å². The van der Waals surface area contributed by atoms with Gasteiger partial charge < -0.3 is 10.0 Å². The predicted molar refractivity (Wildman–Crippen MR) is 52.9 cm³/mol. The number of carbonyl (C=O) groups is 1. The van der Waals surface area contributed by atoms with Gasteiger partial charge in [-0.3, -0.25) is 4.79 Å². The summed E-state index contributed by atoms with van der Waals surface area (Å²) in [6, 6.07) is 3.30. The molecule has 1 atom stereocenters. The zero-order valence-electron chi connectivity index (χ0n) is 8.49. The van der Waals surface area contributed by atoms with Crippen molar-refractivity contribution < 1.29 is 18.7 Å². The lowest BCUT2D eigenvalue weighted by atomic mass is 10.1. The molecule has 1 aliphatic rings. The minimum absolute atomic E-state index is 0.132. The van der Waals surface area contributed by atoms with Crippen LogP contribution in [-0.2, 0) is 0 Å². The summed E-state index contributed by atoms with van der Waals surface area (Å²) in [5.74, 6) is -2.44. The standard InChI is InChI=1S/C11H11F2NO2/c12-8-2-1-3-9(13)10(8)11(16)14-5-4-7(15)6-14/h1-3,7,15H,4-6H2/t7-/m0/s1. The highest BCUT2D eigenvalue weighted by Gasteiger charge is 2.28. The summed E-state index contributed by atoms with van der Waals surface area (Å²) in [7, 11) is 0. The molecule has 5 heteroatoms. The van der Waals surface area contributed by atoms with Crippen molar-refractivity contribution in [1.29, 1.82) is 0 Å². The fourth-order valence-electron chi connectivity index (χ4n) is 1.79. The second-order valence-electron chi connectivity index (χ2n) is 3.79. The molecule has 0 aliphatic carbocycles. The van der Waals surface area contributed by atoms with Crippen LogP contribution in [0, 0.1) is 11.6 Å². The number of nitrogens with zero attached hydrogens (tertiary/aromatic N) is 1. The molecular formula is C11H11F2NO2. The summed E-state index contributed by atoms with van der Waals surface area (Å²) in [5, 5.41) is 9.25. The van der Waals surface area contributed by atoms with Crippen LogP contribution in [0.25, 0.3) is 0 Å². The number of likely N-dealkylation sites (tertiary alicyclic amines) is 1. The van der Waals surface area contributed by atoms with Crippen molar-refractivity contribution in [3.05, 3.63) is 35.4 Å². The minimum Gasteiger partial charge on any atom is -0.391 e. The average Bonchev–Trinajstić information content (AvgIpc) is 2.64. The topological polar surface area (TPSA) is 40.5 Å². The molecule has 0 radical (unpaired) electrons. The van der Waals surface area contributed by atoms with Gasteiger partial charge in [-0.1, -0.05) is 6.07 Å². The van der Waals surface area contributed by atoms with Crippen molar-refractivity contribution in [3.63, 3.8) is 0 Å². The van der Waals surface area contributed by atoms with Gasteiger partial charge in [0.1, 0.15) is 17.2 Å². The number of benzene rings is 1.